The molecule has 7 rings (SSSR count). The van der Waals surface area contributed by atoms with Crippen molar-refractivity contribution in [3.8, 4) is 5.75 Å². The second-order valence-corrected chi connectivity index (χ2v) is 18.5. The van der Waals surface area contributed by atoms with Gasteiger partial charge in [0.15, 0.2) is 5.60 Å². The van der Waals surface area contributed by atoms with Gasteiger partial charge in [-0.2, -0.15) is 0 Å². The molecule has 3 aliphatic heterocycles. The number of amides is 2. The molecular weight excluding hydrogens is 680 g/mol. The SMILES string of the molecule is COc1ccc2c(c1)[C@]1(O[C@@H](CCn3cc(C(CO)c4ccccc4)nn3)[C@H]([Si](C)(C)F)[C@H]1C)C(=O)N2Cc1ccc(NC(=O)[C@H]2CCCN2)cc1. The summed E-state index contributed by atoms with van der Waals surface area (Å²) in [5.41, 5.74) is 2.66. The first kappa shape index (κ1) is 35.9. The zero-order valence-corrected chi connectivity index (χ0v) is 31.1. The molecule has 0 radical (unpaired) electrons. The van der Waals surface area contributed by atoms with Crippen molar-refractivity contribution in [1.82, 2.24) is 20.3 Å². The van der Waals surface area contributed by atoms with Crippen molar-refractivity contribution in [2.45, 2.75) is 81.6 Å². The summed E-state index contributed by atoms with van der Waals surface area (Å²) in [6, 6.07) is 22.6. The molecule has 1 aromatic heterocycles. The van der Waals surface area contributed by atoms with Crippen LogP contribution in [-0.2, 0) is 33.0 Å². The minimum Gasteiger partial charge on any atom is -0.497 e. The fraction of sp³-hybridized carbons (Fsp3) is 0.436. The molecule has 1 unspecified atom stereocenters. The van der Waals surface area contributed by atoms with E-state index in [0.29, 0.717) is 41.3 Å². The van der Waals surface area contributed by atoms with Crippen LogP contribution in [0.5, 0.6) is 5.75 Å². The number of anilines is 2. The van der Waals surface area contributed by atoms with E-state index in [1.54, 1.807) is 29.8 Å². The predicted octanol–water partition coefficient (Wildman–Crippen LogP) is 5.51. The van der Waals surface area contributed by atoms with E-state index in [9.17, 15) is 14.7 Å². The lowest BCUT2D eigenvalue weighted by Gasteiger charge is -2.31. The van der Waals surface area contributed by atoms with Gasteiger partial charge >= 0.3 is 0 Å². The number of hydrogen-bond acceptors (Lipinski definition) is 8. The Hall–Kier alpha value is -4.43. The normalized spacial score (nSPS) is 24.7. The zero-order chi connectivity index (χ0) is 36.6. The van der Waals surface area contributed by atoms with Gasteiger partial charge in [-0.15, -0.1) is 5.10 Å². The molecule has 2 saturated heterocycles. The number of ether oxygens (including phenoxy) is 2. The monoisotopic (exact) mass is 726 g/mol. The van der Waals surface area contributed by atoms with Gasteiger partial charge in [0.05, 0.1) is 49.7 Å². The van der Waals surface area contributed by atoms with Gasteiger partial charge < -0.3 is 34.2 Å². The molecule has 52 heavy (non-hydrogen) atoms. The summed E-state index contributed by atoms with van der Waals surface area (Å²) >= 11 is 0. The highest BCUT2D eigenvalue weighted by molar-refractivity contribution is 6.72. The summed E-state index contributed by atoms with van der Waals surface area (Å²) in [5.74, 6) is -0.466. The summed E-state index contributed by atoms with van der Waals surface area (Å²) in [6.45, 7) is 6.73. The third kappa shape index (κ3) is 6.66. The largest absolute Gasteiger partial charge is 0.497 e. The smallest absolute Gasteiger partial charge is 0.264 e. The van der Waals surface area contributed by atoms with Crippen molar-refractivity contribution in [3.05, 3.63) is 101 Å². The van der Waals surface area contributed by atoms with Crippen molar-refractivity contribution in [3.63, 3.8) is 0 Å². The number of carbonyl (C=O) groups excluding carboxylic acids is 2. The second-order valence-electron chi connectivity index (χ2n) is 14.7. The van der Waals surface area contributed by atoms with Gasteiger partial charge in [-0.25, -0.2) is 0 Å². The highest BCUT2D eigenvalue weighted by Crippen LogP contribution is 2.60. The number of hydrogen-bond donors (Lipinski definition) is 3. The van der Waals surface area contributed by atoms with Crippen LogP contribution in [0.25, 0.3) is 0 Å². The standard InChI is InChI=1S/C39H47FN6O5Si/c1-25-36(52(3,4)40)35(18-20-45-23-33(43-44-45)30(24-47)27-9-6-5-7-10-27)51-39(25)31-21-29(50-2)16-17-34(31)46(38(39)49)22-26-12-14-28(15-13-26)42-37(48)32-11-8-19-41-32/h5-7,9-10,12-17,21,23,25,30,32,35-36,41,47H,8,11,18-20,22,24H2,1-4H3,(H,42,48)/t25-,30?,32-,35+,36-,39+/m1/s1. The zero-order valence-electron chi connectivity index (χ0n) is 30.1. The van der Waals surface area contributed by atoms with E-state index >= 15 is 4.11 Å². The Morgan fingerprint density at radius 3 is 2.62 bits per heavy atom. The number of rotatable bonds is 12. The van der Waals surface area contributed by atoms with Gasteiger partial charge in [0, 0.05) is 35.5 Å². The van der Waals surface area contributed by atoms with Gasteiger partial charge in [-0.1, -0.05) is 54.6 Å². The molecule has 6 atom stereocenters. The molecule has 13 heteroatoms. The number of halogens is 1. The summed E-state index contributed by atoms with van der Waals surface area (Å²) in [7, 11) is -1.80. The number of methoxy groups -OCH3 is 1. The topological polar surface area (TPSA) is 131 Å². The van der Waals surface area contributed by atoms with E-state index in [0.717, 1.165) is 30.5 Å². The number of carbonyl (C=O) groups is 2. The van der Waals surface area contributed by atoms with E-state index in [1.165, 1.54) is 0 Å². The molecule has 11 nitrogen and oxygen atoms in total. The van der Waals surface area contributed by atoms with Crippen LogP contribution in [0.1, 0.15) is 54.5 Å². The lowest BCUT2D eigenvalue weighted by Crippen LogP contribution is -2.45. The van der Waals surface area contributed by atoms with Gasteiger partial charge in [-0.3, -0.25) is 14.3 Å². The molecule has 1 spiro atoms. The molecule has 0 saturated carbocycles. The number of aryl methyl sites for hydroxylation is 1. The van der Waals surface area contributed by atoms with E-state index in [1.807, 2.05) is 85.9 Å². The van der Waals surface area contributed by atoms with Crippen LogP contribution >= 0.6 is 0 Å². The van der Waals surface area contributed by atoms with E-state index in [-0.39, 0.29) is 36.9 Å². The number of aliphatic hydroxyl groups excluding tert-OH is 1. The van der Waals surface area contributed by atoms with Crippen LogP contribution < -0.4 is 20.3 Å². The Bertz CT molecular complexity index is 1900. The van der Waals surface area contributed by atoms with Crippen molar-refractivity contribution in [2.24, 2.45) is 5.92 Å². The van der Waals surface area contributed by atoms with Crippen molar-refractivity contribution in [2.75, 3.05) is 30.5 Å². The summed E-state index contributed by atoms with van der Waals surface area (Å²) in [5, 5.41) is 25.1. The molecule has 2 fully saturated rings. The highest BCUT2D eigenvalue weighted by Gasteiger charge is 2.66. The Labute approximate surface area is 304 Å². The number of benzene rings is 3. The maximum Gasteiger partial charge on any atom is 0.264 e. The molecule has 3 aliphatic rings. The number of nitrogens with zero attached hydrogens (tertiary/aromatic N) is 4. The van der Waals surface area contributed by atoms with E-state index < -0.39 is 31.6 Å². The first-order chi connectivity index (χ1) is 25.0. The molecule has 2 amide bonds. The molecule has 4 heterocycles. The molecule has 3 N–H and O–H groups in total. The molecule has 274 valence electrons. The molecule has 0 bridgehead atoms. The fourth-order valence-electron chi connectivity index (χ4n) is 8.49. The van der Waals surface area contributed by atoms with Crippen LogP contribution in [-0.4, -0.2) is 72.7 Å². The van der Waals surface area contributed by atoms with Crippen molar-refractivity contribution < 1.29 is 28.3 Å². The first-order valence-corrected chi connectivity index (χ1v) is 21.0. The molecule has 0 aliphatic carbocycles. The van der Waals surface area contributed by atoms with Crippen molar-refractivity contribution in [1.29, 1.82) is 0 Å². The van der Waals surface area contributed by atoms with Gasteiger partial charge in [0.1, 0.15) is 5.75 Å². The Morgan fingerprint density at radius 1 is 1.17 bits per heavy atom. The third-order valence-corrected chi connectivity index (χ3v) is 13.5. The van der Waals surface area contributed by atoms with Gasteiger partial charge in [0.2, 0.25) is 14.3 Å². The maximum absolute atomic E-state index is 16.4. The lowest BCUT2D eigenvalue weighted by atomic mass is 9.82. The van der Waals surface area contributed by atoms with E-state index in [2.05, 4.69) is 20.9 Å². The Kier molecular flexibility index (Phi) is 10.0. The minimum absolute atomic E-state index is 0.0496. The number of nitrogens with one attached hydrogen (secondary N) is 2. The summed E-state index contributed by atoms with van der Waals surface area (Å²) < 4.78 is 30.7. The highest BCUT2D eigenvalue weighted by atomic mass is 28.4. The minimum atomic E-state index is -3.39. The quantitative estimate of drug-likeness (QED) is 0.129. The van der Waals surface area contributed by atoms with E-state index in [4.69, 9.17) is 9.47 Å². The molecule has 3 aromatic carbocycles. The van der Waals surface area contributed by atoms with Gasteiger partial charge in [0.25, 0.3) is 5.91 Å². The third-order valence-electron chi connectivity index (χ3n) is 11.0. The maximum atomic E-state index is 16.4. The molecule has 4 aromatic rings. The van der Waals surface area contributed by atoms with Crippen LogP contribution in [0, 0.1) is 5.92 Å². The summed E-state index contributed by atoms with van der Waals surface area (Å²) in [6.07, 6.45) is 3.48. The predicted molar refractivity (Wildman–Crippen MR) is 198 cm³/mol. The van der Waals surface area contributed by atoms with Crippen LogP contribution in [0.2, 0.25) is 18.6 Å². The number of aliphatic hydroxyl groups is 1. The number of fused-ring (bicyclic) bond motifs is 2. The Balaban J connectivity index is 1.14. The van der Waals surface area contributed by atoms with Crippen LogP contribution in [0.3, 0.4) is 0 Å². The Morgan fingerprint density at radius 2 is 1.94 bits per heavy atom. The fourth-order valence-corrected chi connectivity index (χ4v) is 11.0. The average Bonchev–Trinajstić information content (AvgIpc) is 3.94. The van der Waals surface area contributed by atoms with Crippen LogP contribution in [0.4, 0.5) is 15.5 Å². The lowest BCUT2D eigenvalue weighted by molar-refractivity contribution is -0.146. The van der Waals surface area contributed by atoms with Crippen molar-refractivity contribution >= 4 is 31.6 Å². The first-order valence-electron chi connectivity index (χ1n) is 18.1. The van der Waals surface area contributed by atoms with Crippen LogP contribution in [0.15, 0.2) is 79.0 Å². The summed E-state index contributed by atoms with van der Waals surface area (Å²) in [4.78, 5) is 29.2. The average molecular weight is 727 g/mol. The van der Waals surface area contributed by atoms with Gasteiger partial charge in [-0.05, 0) is 80.4 Å². The number of aromatic nitrogens is 3. The second kappa shape index (κ2) is 14.5. The molecular formula is C39H47FN6O5Si.